The van der Waals surface area contributed by atoms with Gasteiger partial charge in [0.2, 0.25) is 17.5 Å². The third kappa shape index (κ3) is 3.03. The summed E-state index contributed by atoms with van der Waals surface area (Å²) in [6.45, 7) is 1.13. The van der Waals surface area contributed by atoms with E-state index in [1.807, 2.05) is 0 Å². The van der Waals surface area contributed by atoms with Gasteiger partial charge in [-0.2, -0.15) is 9.50 Å². The van der Waals surface area contributed by atoms with Crippen LogP contribution in [-0.4, -0.2) is 44.5 Å². The summed E-state index contributed by atoms with van der Waals surface area (Å²) in [5.41, 5.74) is 0.322. The van der Waals surface area contributed by atoms with Crippen molar-refractivity contribution in [3.8, 4) is 0 Å². The molecule has 1 atom stereocenters. The Morgan fingerprint density at radius 2 is 2.15 bits per heavy atom. The predicted octanol–water partition coefficient (Wildman–Crippen LogP) is 0.217. The lowest BCUT2D eigenvalue weighted by atomic mass is 9.96. The quantitative estimate of drug-likeness (QED) is 0.619. The maximum absolute atomic E-state index is 12.3. The highest BCUT2D eigenvalue weighted by Gasteiger charge is 2.19. The van der Waals surface area contributed by atoms with Gasteiger partial charge in [0.25, 0.3) is 11.5 Å². The number of piperidine rings is 1. The predicted molar refractivity (Wildman–Crippen MR) is 93.8 cm³/mol. The number of amides is 2. The number of fused-ring (bicyclic) bond motifs is 3. The second kappa shape index (κ2) is 6.58. The summed E-state index contributed by atoms with van der Waals surface area (Å²) in [4.78, 5) is 42.3. The molecule has 1 aromatic carbocycles. The number of hydrogen-bond acceptors (Lipinski definition) is 5. The Balaban J connectivity index is 1.48. The maximum Gasteiger partial charge on any atom is 0.291 e. The molecule has 134 valence electrons. The van der Waals surface area contributed by atoms with Crippen LogP contribution in [0.5, 0.6) is 0 Å². The van der Waals surface area contributed by atoms with E-state index >= 15 is 0 Å². The minimum atomic E-state index is -0.390. The fourth-order valence-corrected chi connectivity index (χ4v) is 3.18. The standard InChI is InChI=1S/C17H18N6O3/c24-13-6-5-10(9-19-13)7-8-18-16(26)14-20-17-21-15(25)11-3-1-2-4-12(11)23(17)22-14/h1-4,10H,5-9H2,(H,18,26)(H,19,24)(H,20,21,22,25). The van der Waals surface area contributed by atoms with E-state index in [-0.39, 0.29) is 23.1 Å². The zero-order valence-corrected chi connectivity index (χ0v) is 14.0. The first-order valence-electron chi connectivity index (χ1n) is 8.54. The van der Waals surface area contributed by atoms with Crippen molar-refractivity contribution in [1.29, 1.82) is 0 Å². The number of para-hydroxylation sites is 1. The average molecular weight is 354 g/mol. The number of rotatable bonds is 4. The molecule has 26 heavy (non-hydrogen) atoms. The van der Waals surface area contributed by atoms with Crippen LogP contribution in [0.25, 0.3) is 16.7 Å². The molecule has 3 N–H and O–H groups in total. The Kier molecular flexibility index (Phi) is 4.11. The summed E-state index contributed by atoms with van der Waals surface area (Å²) >= 11 is 0. The number of nitrogens with zero attached hydrogens (tertiary/aromatic N) is 3. The molecule has 9 nitrogen and oxygen atoms in total. The van der Waals surface area contributed by atoms with Crippen molar-refractivity contribution < 1.29 is 9.59 Å². The molecule has 2 amide bonds. The highest BCUT2D eigenvalue weighted by atomic mass is 16.2. The van der Waals surface area contributed by atoms with Crippen molar-refractivity contribution in [2.75, 3.05) is 13.1 Å². The van der Waals surface area contributed by atoms with E-state index in [1.54, 1.807) is 24.3 Å². The van der Waals surface area contributed by atoms with E-state index in [9.17, 15) is 14.4 Å². The van der Waals surface area contributed by atoms with E-state index < -0.39 is 5.91 Å². The molecule has 0 aliphatic carbocycles. The van der Waals surface area contributed by atoms with Crippen molar-refractivity contribution in [2.24, 2.45) is 5.92 Å². The molecule has 1 fully saturated rings. The van der Waals surface area contributed by atoms with Gasteiger partial charge in [-0.25, -0.2) is 0 Å². The molecule has 4 rings (SSSR count). The fraction of sp³-hybridized carbons (Fsp3) is 0.353. The van der Waals surface area contributed by atoms with Crippen molar-refractivity contribution in [3.63, 3.8) is 0 Å². The molecule has 9 heteroatoms. The average Bonchev–Trinajstić information content (AvgIpc) is 3.08. The zero-order valence-electron chi connectivity index (χ0n) is 14.0. The molecule has 1 unspecified atom stereocenters. The zero-order chi connectivity index (χ0) is 18.1. The van der Waals surface area contributed by atoms with Gasteiger partial charge >= 0.3 is 0 Å². The number of carbonyl (C=O) groups is 2. The van der Waals surface area contributed by atoms with Crippen molar-refractivity contribution in [2.45, 2.75) is 19.3 Å². The van der Waals surface area contributed by atoms with Gasteiger partial charge < -0.3 is 10.6 Å². The summed E-state index contributed by atoms with van der Waals surface area (Å²) in [6, 6.07) is 7.01. The van der Waals surface area contributed by atoms with Gasteiger partial charge in [-0.15, -0.1) is 5.10 Å². The van der Waals surface area contributed by atoms with Crippen LogP contribution in [0.2, 0.25) is 0 Å². The van der Waals surface area contributed by atoms with Crippen molar-refractivity contribution >= 4 is 28.5 Å². The van der Waals surface area contributed by atoms with E-state index in [1.165, 1.54) is 4.52 Å². The highest BCUT2D eigenvalue weighted by Crippen LogP contribution is 2.14. The van der Waals surface area contributed by atoms with Crippen molar-refractivity contribution in [3.05, 3.63) is 40.4 Å². The van der Waals surface area contributed by atoms with E-state index in [4.69, 9.17) is 0 Å². The van der Waals surface area contributed by atoms with Gasteiger partial charge in [0.1, 0.15) is 0 Å². The number of aromatic nitrogens is 4. The third-order valence-corrected chi connectivity index (χ3v) is 4.62. The minimum Gasteiger partial charge on any atom is -0.356 e. The number of H-pyrrole nitrogens is 1. The first-order chi connectivity index (χ1) is 12.6. The van der Waals surface area contributed by atoms with Gasteiger partial charge in [0, 0.05) is 19.5 Å². The molecule has 3 aromatic rings. The first-order valence-corrected chi connectivity index (χ1v) is 8.54. The third-order valence-electron chi connectivity index (χ3n) is 4.62. The van der Waals surface area contributed by atoms with Crippen LogP contribution in [0.1, 0.15) is 29.9 Å². The number of carbonyl (C=O) groups excluding carboxylic acids is 2. The molecular formula is C17H18N6O3. The van der Waals surface area contributed by atoms with E-state index in [2.05, 4.69) is 25.7 Å². The Morgan fingerprint density at radius 1 is 1.31 bits per heavy atom. The Bertz CT molecular complexity index is 1040. The molecule has 2 aromatic heterocycles. The van der Waals surface area contributed by atoms with E-state index in [0.29, 0.717) is 36.3 Å². The number of nitrogens with one attached hydrogen (secondary N) is 3. The monoisotopic (exact) mass is 354 g/mol. The molecule has 0 bridgehead atoms. The number of aromatic amines is 1. The van der Waals surface area contributed by atoms with Gasteiger partial charge in [-0.3, -0.25) is 19.4 Å². The molecule has 0 radical (unpaired) electrons. The molecule has 0 saturated carbocycles. The summed E-state index contributed by atoms with van der Waals surface area (Å²) in [5, 5.41) is 10.3. The van der Waals surface area contributed by atoms with Gasteiger partial charge in [-0.05, 0) is 30.9 Å². The van der Waals surface area contributed by atoms with Gasteiger partial charge in [-0.1, -0.05) is 12.1 Å². The Labute approximate surface area is 147 Å². The highest BCUT2D eigenvalue weighted by molar-refractivity contribution is 5.91. The lowest BCUT2D eigenvalue weighted by Gasteiger charge is -2.22. The summed E-state index contributed by atoms with van der Waals surface area (Å²) in [6.07, 6.45) is 2.15. The van der Waals surface area contributed by atoms with Crippen LogP contribution >= 0.6 is 0 Å². The molecule has 3 heterocycles. The van der Waals surface area contributed by atoms with Crippen LogP contribution in [0.4, 0.5) is 0 Å². The van der Waals surface area contributed by atoms with Crippen molar-refractivity contribution in [1.82, 2.24) is 30.2 Å². The van der Waals surface area contributed by atoms with Crippen LogP contribution in [0.15, 0.2) is 29.1 Å². The largest absolute Gasteiger partial charge is 0.356 e. The summed E-state index contributed by atoms with van der Waals surface area (Å²) in [5.74, 6) is 0.295. The molecule has 1 aliphatic heterocycles. The normalized spacial score (nSPS) is 17.4. The Morgan fingerprint density at radius 3 is 2.96 bits per heavy atom. The first kappa shape index (κ1) is 16.2. The molecule has 1 saturated heterocycles. The maximum atomic E-state index is 12.3. The molecule has 0 spiro atoms. The van der Waals surface area contributed by atoms with E-state index in [0.717, 1.165) is 12.8 Å². The van der Waals surface area contributed by atoms with Crippen LogP contribution in [0, 0.1) is 5.92 Å². The fourth-order valence-electron chi connectivity index (χ4n) is 3.18. The Hall–Kier alpha value is -3.23. The summed E-state index contributed by atoms with van der Waals surface area (Å²) in [7, 11) is 0. The topological polar surface area (TPSA) is 121 Å². The lowest BCUT2D eigenvalue weighted by Crippen LogP contribution is -2.36. The molecular weight excluding hydrogens is 336 g/mol. The molecule has 1 aliphatic rings. The summed E-state index contributed by atoms with van der Waals surface area (Å²) < 4.78 is 1.46. The second-order valence-corrected chi connectivity index (χ2v) is 6.40. The lowest BCUT2D eigenvalue weighted by molar-refractivity contribution is -0.122. The smallest absolute Gasteiger partial charge is 0.291 e. The van der Waals surface area contributed by atoms with Crippen LogP contribution < -0.4 is 16.2 Å². The second-order valence-electron chi connectivity index (χ2n) is 6.40. The minimum absolute atomic E-state index is 0.00829. The number of benzene rings is 1. The SMILES string of the molecule is O=C1CCC(CCNC(=O)c2nc3[nH]c(=O)c4ccccc4n3n2)CN1. The van der Waals surface area contributed by atoms with Crippen LogP contribution in [0.3, 0.4) is 0 Å². The van der Waals surface area contributed by atoms with Crippen LogP contribution in [-0.2, 0) is 4.79 Å². The van der Waals surface area contributed by atoms with Gasteiger partial charge in [0.05, 0.1) is 10.9 Å². The van der Waals surface area contributed by atoms with Gasteiger partial charge in [0.15, 0.2) is 0 Å². The number of hydrogen-bond donors (Lipinski definition) is 3.